The van der Waals surface area contributed by atoms with Gasteiger partial charge in [0.25, 0.3) is 0 Å². The zero-order chi connectivity index (χ0) is 18.8. The number of likely N-dealkylation sites (tertiary alicyclic amines) is 1. The van der Waals surface area contributed by atoms with E-state index >= 15 is 0 Å². The molecule has 0 spiro atoms. The summed E-state index contributed by atoms with van der Waals surface area (Å²) in [5.41, 5.74) is 0.763. The van der Waals surface area contributed by atoms with Crippen molar-refractivity contribution in [2.45, 2.75) is 12.3 Å². The molecule has 2 aromatic rings. The van der Waals surface area contributed by atoms with E-state index in [1.54, 1.807) is 25.2 Å². The number of hydrogen-bond donors (Lipinski definition) is 1. The number of rotatable bonds is 3. The quantitative estimate of drug-likeness (QED) is 0.787. The van der Waals surface area contributed by atoms with Gasteiger partial charge in [0, 0.05) is 24.5 Å². The molecule has 0 aromatic heterocycles. The normalized spacial score (nSPS) is 20.2. The third kappa shape index (κ3) is 3.69. The summed E-state index contributed by atoms with van der Waals surface area (Å²) in [5.74, 6) is -2.89. The second-order valence-electron chi connectivity index (χ2n) is 6.28. The number of piperidine rings is 1. The Hall–Kier alpha value is -2.11. The zero-order valence-corrected chi connectivity index (χ0v) is 15.5. The molecule has 2 aromatic carbocycles. The number of amides is 2. The summed E-state index contributed by atoms with van der Waals surface area (Å²) in [6, 6.07) is 11.4. The van der Waals surface area contributed by atoms with Crippen LogP contribution in [0.1, 0.15) is 17.9 Å². The van der Waals surface area contributed by atoms with E-state index in [0.29, 0.717) is 18.0 Å². The van der Waals surface area contributed by atoms with Gasteiger partial charge in [-0.25, -0.2) is 4.39 Å². The Labute approximate surface area is 160 Å². The minimum atomic E-state index is -0.967. The Balaban J connectivity index is 1.92. The Morgan fingerprint density at radius 1 is 1.23 bits per heavy atom. The predicted octanol–water partition coefficient (Wildman–Crippen LogP) is 4.33. The monoisotopic (exact) mass is 394 g/mol. The fourth-order valence-electron chi connectivity index (χ4n) is 3.22. The minimum absolute atomic E-state index is 0.0478. The van der Waals surface area contributed by atoms with Crippen LogP contribution in [0.3, 0.4) is 0 Å². The van der Waals surface area contributed by atoms with Crippen LogP contribution in [0.25, 0.3) is 0 Å². The van der Waals surface area contributed by atoms with Gasteiger partial charge in [-0.05, 0) is 36.2 Å². The average molecular weight is 395 g/mol. The van der Waals surface area contributed by atoms with E-state index in [1.165, 1.54) is 23.1 Å². The fraction of sp³-hybridized carbons (Fsp3) is 0.263. The van der Waals surface area contributed by atoms with Crippen LogP contribution in [0.5, 0.6) is 0 Å². The molecule has 1 N–H and O–H groups in total. The summed E-state index contributed by atoms with van der Waals surface area (Å²) in [4.78, 5) is 27.1. The number of carbonyl (C=O) groups excluding carboxylic acids is 2. The average Bonchev–Trinajstić information content (AvgIpc) is 2.61. The number of nitrogens with zero attached hydrogens (tertiary/aromatic N) is 1. The molecule has 4 nitrogen and oxygen atoms in total. The summed E-state index contributed by atoms with van der Waals surface area (Å²) < 4.78 is 14.1. The lowest BCUT2D eigenvalue weighted by atomic mass is 9.79. The first-order valence-electron chi connectivity index (χ1n) is 8.14. The molecule has 2 atom stereocenters. The summed E-state index contributed by atoms with van der Waals surface area (Å²) in [5, 5.41) is 2.95. The molecule has 2 amide bonds. The number of anilines is 1. The highest BCUT2D eigenvalue weighted by molar-refractivity contribution is 6.31. The SMILES string of the molecule is CN1CC[C@H](c2cccc(Cl)c2)[C@@H](C(=O)Nc2cccc(Cl)c2F)C1=O. The summed E-state index contributed by atoms with van der Waals surface area (Å²) in [6.45, 7) is 0.533. The molecule has 0 radical (unpaired) electrons. The topological polar surface area (TPSA) is 49.4 Å². The molecule has 136 valence electrons. The highest BCUT2D eigenvalue weighted by atomic mass is 35.5. The summed E-state index contributed by atoms with van der Waals surface area (Å²) in [7, 11) is 1.65. The lowest BCUT2D eigenvalue weighted by Gasteiger charge is -2.35. The largest absolute Gasteiger partial charge is 0.345 e. The first-order valence-corrected chi connectivity index (χ1v) is 8.89. The van der Waals surface area contributed by atoms with E-state index < -0.39 is 17.6 Å². The van der Waals surface area contributed by atoms with Crippen molar-refractivity contribution in [3.63, 3.8) is 0 Å². The lowest BCUT2D eigenvalue weighted by molar-refractivity contribution is -0.143. The maximum absolute atomic E-state index is 14.1. The third-order valence-corrected chi connectivity index (χ3v) is 5.12. The molecule has 1 fully saturated rings. The van der Waals surface area contributed by atoms with E-state index in [9.17, 15) is 14.0 Å². The molecule has 3 rings (SSSR count). The van der Waals surface area contributed by atoms with Crippen molar-refractivity contribution in [1.29, 1.82) is 0 Å². The molecule has 0 aliphatic carbocycles. The van der Waals surface area contributed by atoms with Crippen LogP contribution in [0.15, 0.2) is 42.5 Å². The zero-order valence-electron chi connectivity index (χ0n) is 14.0. The van der Waals surface area contributed by atoms with Crippen LogP contribution in [0.2, 0.25) is 10.0 Å². The molecule has 1 saturated heterocycles. The maximum atomic E-state index is 14.1. The smallest absolute Gasteiger partial charge is 0.237 e. The second kappa shape index (κ2) is 7.64. The van der Waals surface area contributed by atoms with Gasteiger partial charge in [0.1, 0.15) is 5.92 Å². The van der Waals surface area contributed by atoms with Crippen molar-refractivity contribution in [1.82, 2.24) is 4.90 Å². The van der Waals surface area contributed by atoms with Crippen molar-refractivity contribution in [2.24, 2.45) is 5.92 Å². The van der Waals surface area contributed by atoms with Crippen LogP contribution in [0, 0.1) is 11.7 Å². The Morgan fingerprint density at radius 3 is 2.69 bits per heavy atom. The van der Waals surface area contributed by atoms with Crippen molar-refractivity contribution in [3.05, 3.63) is 63.9 Å². The Morgan fingerprint density at radius 2 is 1.96 bits per heavy atom. The van der Waals surface area contributed by atoms with E-state index in [-0.39, 0.29) is 22.5 Å². The van der Waals surface area contributed by atoms with Gasteiger partial charge in [0.2, 0.25) is 11.8 Å². The van der Waals surface area contributed by atoms with Crippen molar-refractivity contribution in [2.75, 3.05) is 18.9 Å². The van der Waals surface area contributed by atoms with Crippen LogP contribution < -0.4 is 5.32 Å². The molecular formula is C19H17Cl2FN2O2. The van der Waals surface area contributed by atoms with Crippen LogP contribution in [-0.4, -0.2) is 30.3 Å². The van der Waals surface area contributed by atoms with Crippen LogP contribution >= 0.6 is 23.2 Å². The standard InChI is InChI=1S/C19H17Cl2FN2O2/c1-24-9-8-13(11-4-2-5-12(20)10-11)16(19(24)26)18(25)23-15-7-3-6-14(21)17(15)22/h2-7,10,13,16H,8-9H2,1H3,(H,23,25)/t13-,16+/m1/s1. The molecule has 26 heavy (non-hydrogen) atoms. The number of halogens is 3. The molecule has 1 heterocycles. The second-order valence-corrected chi connectivity index (χ2v) is 7.12. The Bertz CT molecular complexity index is 859. The van der Waals surface area contributed by atoms with Crippen molar-refractivity contribution < 1.29 is 14.0 Å². The molecule has 0 bridgehead atoms. The molecular weight excluding hydrogens is 378 g/mol. The predicted molar refractivity (Wildman–Crippen MR) is 100.0 cm³/mol. The molecule has 1 aliphatic rings. The van der Waals surface area contributed by atoms with Gasteiger partial charge in [0.15, 0.2) is 5.82 Å². The van der Waals surface area contributed by atoms with Gasteiger partial charge in [0.05, 0.1) is 10.7 Å². The molecule has 1 aliphatic heterocycles. The Kier molecular flexibility index (Phi) is 5.49. The van der Waals surface area contributed by atoms with Crippen molar-refractivity contribution >= 4 is 40.7 Å². The van der Waals surface area contributed by atoms with E-state index in [4.69, 9.17) is 23.2 Å². The van der Waals surface area contributed by atoms with E-state index in [2.05, 4.69) is 5.32 Å². The van der Waals surface area contributed by atoms with Gasteiger partial charge in [-0.1, -0.05) is 41.4 Å². The molecule has 7 heteroatoms. The lowest BCUT2D eigenvalue weighted by Crippen LogP contribution is -2.47. The molecule has 0 unspecified atom stereocenters. The highest BCUT2D eigenvalue weighted by Gasteiger charge is 2.41. The number of benzene rings is 2. The third-order valence-electron chi connectivity index (χ3n) is 4.59. The van der Waals surface area contributed by atoms with Crippen LogP contribution in [0.4, 0.5) is 10.1 Å². The van der Waals surface area contributed by atoms with Crippen LogP contribution in [-0.2, 0) is 9.59 Å². The first kappa shape index (κ1) is 18.7. The van der Waals surface area contributed by atoms with Gasteiger partial charge in [-0.2, -0.15) is 0 Å². The first-order chi connectivity index (χ1) is 12.4. The van der Waals surface area contributed by atoms with E-state index in [0.717, 1.165) is 5.56 Å². The number of carbonyl (C=O) groups is 2. The van der Waals surface area contributed by atoms with Gasteiger partial charge >= 0.3 is 0 Å². The van der Waals surface area contributed by atoms with Crippen molar-refractivity contribution in [3.8, 4) is 0 Å². The highest BCUT2D eigenvalue weighted by Crippen LogP contribution is 2.35. The fourth-order valence-corrected chi connectivity index (χ4v) is 3.59. The summed E-state index contributed by atoms with van der Waals surface area (Å²) >= 11 is 11.8. The minimum Gasteiger partial charge on any atom is -0.345 e. The van der Waals surface area contributed by atoms with Gasteiger partial charge < -0.3 is 10.2 Å². The number of nitrogens with one attached hydrogen (secondary N) is 1. The van der Waals surface area contributed by atoms with Gasteiger partial charge in [-0.15, -0.1) is 0 Å². The maximum Gasteiger partial charge on any atom is 0.237 e. The molecule has 0 saturated carbocycles. The van der Waals surface area contributed by atoms with Gasteiger partial charge in [-0.3, -0.25) is 9.59 Å². The van der Waals surface area contributed by atoms with E-state index in [1.807, 2.05) is 6.07 Å². The summed E-state index contributed by atoms with van der Waals surface area (Å²) in [6.07, 6.45) is 0.610. The number of hydrogen-bond acceptors (Lipinski definition) is 2.